The molecule has 168 valence electrons. The standard InChI is InChI=1S/C22H26N2O2.H2O4S/c1-3-22-11-7-12-23-13-10-16-15-8-5-6-9-17(15)24(19(16)20(22)23)18(14-22)21(25)26-4-2;1-5(2,3)4/h5-6,8-9,14,20H,3-4,7,10-13H2,1-2H3;(H2,1,2,3,4)/p-2/t20-,22+;/m1./s1. The third-order valence-electron chi connectivity index (χ3n) is 6.73. The van der Waals surface area contributed by atoms with Crippen LogP contribution in [-0.2, 0) is 26.4 Å². The van der Waals surface area contributed by atoms with Crippen LogP contribution < -0.4 is 0 Å². The zero-order chi connectivity index (χ0) is 22.4. The second-order valence-corrected chi connectivity index (χ2v) is 9.07. The van der Waals surface area contributed by atoms with Crippen molar-refractivity contribution >= 4 is 33.0 Å². The van der Waals surface area contributed by atoms with Gasteiger partial charge < -0.3 is 18.4 Å². The molecule has 1 aromatic carbocycles. The molecule has 0 saturated carbocycles. The number of esters is 1. The molecule has 3 aliphatic heterocycles. The van der Waals surface area contributed by atoms with Crippen molar-refractivity contribution in [3.8, 4) is 0 Å². The van der Waals surface area contributed by atoms with Crippen LogP contribution in [0, 0.1) is 5.41 Å². The van der Waals surface area contributed by atoms with Crippen molar-refractivity contribution in [1.82, 2.24) is 9.47 Å². The summed E-state index contributed by atoms with van der Waals surface area (Å²) in [6, 6.07) is 8.92. The fraction of sp³-hybridized carbons (Fsp3) is 0.500. The lowest BCUT2D eigenvalue weighted by molar-refractivity contribution is -0.136. The van der Waals surface area contributed by atoms with Gasteiger partial charge in [-0.3, -0.25) is 13.3 Å². The summed E-state index contributed by atoms with van der Waals surface area (Å²) in [5.41, 5.74) is 4.71. The zero-order valence-electron chi connectivity index (χ0n) is 17.7. The molecule has 0 N–H and O–H groups in total. The third kappa shape index (κ3) is 3.80. The molecule has 9 heteroatoms. The highest BCUT2D eigenvalue weighted by Crippen LogP contribution is 2.57. The molecule has 0 radical (unpaired) electrons. The molecule has 31 heavy (non-hydrogen) atoms. The van der Waals surface area contributed by atoms with Crippen molar-refractivity contribution in [2.45, 2.75) is 45.6 Å². The maximum atomic E-state index is 12.9. The molecule has 4 heterocycles. The van der Waals surface area contributed by atoms with E-state index in [0.29, 0.717) is 12.6 Å². The van der Waals surface area contributed by atoms with Gasteiger partial charge in [0.1, 0.15) is 5.70 Å². The average Bonchev–Trinajstić information content (AvgIpc) is 3.06. The van der Waals surface area contributed by atoms with Crippen molar-refractivity contribution in [1.29, 1.82) is 0 Å². The molecule has 0 spiro atoms. The summed E-state index contributed by atoms with van der Waals surface area (Å²) in [5.74, 6) is -0.190. The van der Waals surface area contributed by atoms with Crippen molar-refractivity contribution in [2.24, 2.45) is 5.41 Å². The molecule has 5 rings (SSSR count). The Morgan fingerprint density at radius 3 is 2.61 bits per heavy atom. The molecular formula is C22H26N2O6S-2. The summed E-state index contributed by atoms with van der Waals surface area (Å²) in [5, 5.41) is 1.30. The number of aromatic nitrogens is 1. The Morgan fingerprint density at radius 2 is 1.94 bits per heavy atom. The van der Waals surface area contributed by atoms with Gasteiger partial charge in [0.15, 0.2) is 0 Å². The van der Waals surface area contributed by atoms with E-state index in [2.05, 4.69) is 46.7 Å². The maximum absolute atomic E-state index is 12.9. The number of carbonyl (C=O) groups is 1. The van der Waals surface area contributed by atoms with Gasteiger partial charge in [-0.15, -0.1) is 0 Å². The Kier molecular flexibility index (Phi) is 5.72. The molecule has 1 saturated heterocycles. The van der Waals surface area contributed by atoms with Crippen LogP contribution in [0.4, 0.5) is 0 Å². The number of hydrogen-bond donors (Lipinski definition) is 0. The highest BCUT2D eigenvalue weighted by Gasteiger charge is 2.51. The Balaban J connectivity index is 0.000000418. The van der Waals surface area contributed by atoms with Gasteiger partial charge >= 0.3 is 5.97 Å². The Labute approximate surface area is 182 Å². The van der Waals surface area contributed by atoms with Crippen molar-refractivity contribution in [2.75, 3.05) is 19.7 Å². The van der Waals surface area contributed by atoms with E-state index in [1.165, 1.54) is 23.1 Å². The van der Waals surface area contributed by atoms with E-state index >= 15 is 0 Å². The number of rotatable bonds is 3. The first-order valence-electron chi connectivity index (χ1n) is 10.6. The second kappa shape index (κ2) is 8.05. The quantitative estimate of drug-likeness (QED) is 0.404. The maximum Gasteiger partial charge on any atom is 0.354 e. The van der Waals surface area contributed by atoms with Crippen LogP contribution in [0.2, 0.25) is 0 Å². The first-order valence-corrected chi connectivity index (χ1v) is 12.0. The van der Waals surface area contributed by atoms with Gasteiger partial charge in [-0.05, 0) is 56.9 Å². The number of nitrogens with zero attached hydrogens (tertiary/aromatic N) is 2. The lowest BCUT2D eigenvalue weighted by atomic mass is 9.66. The van der Waals surface area contributed by atoms with E-state index in [0.717, 1.165) is 43.6 Å². The topological polar surface area (TPSA) is 115 Å². The van der Waals surface area contributed by atoms with E-state index in [4.69, 9.17) is 22.3 Å². The normalized spacial score (nSPS) is 24.6. The highest BCUT2D eigenvalue weighted by atomic mass is 32.3. The van der Waals surface area contributed by atoms with Crippen LogP contribution in [0.1, 0.15) is 50.4 Å². The molecule has 2 aromatic rings. The van der Waals surface area contributed by atoms with Gasteiger partial charge in [-0.1, -0.05) is 25.1 Å². The van der Waals surface area contributed by atoms with Gasteiger partial charge in [0.25, 0.3) is 0 Å². The number of piperidine rings is 1. The molecule has 0 bridgehead atoms. The van der Waals surface area contributed by atoms with Crippen LogP contribution in [0.15, 0.2) is 30.3 Å². The van der Waals surface area contributed by atoms with E-state index in [1.54, 1.807) is 0 Å². The van der Waals surface area contributed by atoms with Crippen LogP contribution in [-0.4, -0.2) is 52.7 Å². The van der Waals surface area contributed by atoms with Crippen LogP contribution in [0.3, 0.4) is 0 Å². The van der Waals surface area contributed by atoms with Crippen molar-refractivity contribution < 1.29 is 27.1 Å². The fourth-order valence-corrected chi connectivity index (χ4v) is 5.63. The van der Waals surface area contributed by atoms with Gasteiger partial charge in [-0.2, -0.15) is 0 Å². The predicted octanol–water partition coefficient (Wildman–Crippen LogP) is 2.81. The summed E-state index contributed by atoms with van der Waals surface area (Å²) < 4.78 is 41.8. The van der Waals surface area contributed by atoms with Gasteiger partial charge in [-0.25, -0.2) is 4.79 Å². The number of benzene rings is 1. The number of fused-ring (bicyclic) bond motifs is 3. The minimum atomic E-state index is -5.17. The monoisotopic (exact) mass is 446 g/mol. The Hall–Kier alpha value is -2.20. The van der Waals surface area contributed by atoms with Crippen molar-refractivity contribution in [3.63, 3.8) is 0 Å². The predicted molar refractivity (Wildman–Crippen MR) is 113 cm³/mol. The number of para-hydroxylation sites is 1. The summed E-state index contributed by atoms with van der Waals surface area (Å²) in [7, 11) is -5.17. The zero-order valence-corrected chi connectivity index (χ0v) is 18.5. The number of carbonyl (C=O) groups excluding carboxylic acids is 1. The molecule has 8 nitrogen and oxygen atoms in total. The van der Waals surface area contributed by atoms with Gasteiger partial charge in [0, 0.05) is 33.4 Å². The van der Waals surface area contributed by atoms with E-state index in [-0.39, 0.29) is 11.4 Å². The van der Waals surface area contributed by atoms with E-state index < -0.39 is 10.4 Å². The SMILES string of the molecule is CCOC(=O)C1=C[C@]2(CC)CCCN3CCc4c(n1c1ccccc41)[C@@H]32.O=S(=O)([O-])[O-]. The van der Waals surface area contributed by atoms with Crippen molar-refractivity contribution in [3.05, 3.63) is 41.6 Å². The summed E-state index contributed by atoms with van der Waals surface area (Å²) in [6.45, 7) is 6.85. The van der Waals surface area contributed by atoms with Crippen LogP contribution >= 0.6 is 0 Å². The minimum absolute atomic E-state index is 0.0416. The second-order valence-electron chi connectivity index (χ2n) is 8.25. The lowest BCUT2D eigenvalue weighted by Gasteiger charge is -2.53. The van der Waals surface area contributed by atoms with E-state index in [1.807, 2.05) is 6.92 Å². The average molecular weight is 447 g/mol. The fourth-order valence-electron chi connectivity index (χ4n) is 5.63. The third-order valence-corrected chi connectivity index (χ3v) is 6.73. The highest BCUT2D eigenvalue weighted by molar-refractivity contribution is 7.79. The van der Waals surface area contributed by atoms with Gasteiger partial charge in [0.2, 0.25) is 0 Å². The van der Waals surface area contributed by atoms with Crippen LogP contribution in [0.25, 0.3) is 16.6 Å². The molecule has 1 fully saturated rings. The first-order chi connectivity index (χ1) is 14.7. The number of ether oxygens (including phenoxy) is 1. The summed E-state index contributed by atoms with van der Waals surface area (Å²) in [6.07, 6.45) is 6.73. The molecule has 1 aromatic heterocycles. The Morgan fingerprint density at radius 1 is 1.23 bits per heavy atom. The molecule has 0 aliphatic carbocycles. The minimum Gasteiger partial charge on any atom is -0.759 e. The number of hydrogen-bond acceptors (Lipinski definition) is 7. The Bertz CT molecular complexity index is 1140. The van der Waals surface area contributed by atoms with E-state index in [9.17, 15) is 4.79 Å². The van der Waals surface area contributed by atoms with Crippen LogP contribution in [0.5, 0.6) is 0 Å². The molecule has 0 unspecified atom stereocenters. The summed E-state index contributed by atoms with van der Waals surface area (Å²) in [4.78, 5) is 15.6. The lowest BCUT2D eigenvalue weighted by Crippen LogP contribution is -2.51. The molecule has 3 aliphatic rings. The van der Waals surface area contributed by atoms with Gasteiger partial charge in [0.05, 0.1) is 18.2 Å². The first kappa shape index (κ1) is 22.0. The summed E-state index contributed by atoms with van der Waals surface area (Å²) >= 11 is 0. The molecule has 2 atom stereocenters. The largest absolute Gasteiger partial charge is 0.759 e. The molecule has 0 amide bonds. The smallest absolute Gasteiger partial charge is 0.354 e. The molecular weight excluding hydrogens is 420 g/mol.